The van der Waals surface area contributed by atoms with E-state index in [-0.39, 0.29) is 5.91 Å². The van der Waals surface area contributed by atoms with Crippen molar-refractivity contribution in [2.75, 3.05) is 23.3 Å². The van der Waals surface area contributed by atoms with E-state index in [4.69, 9.17) is 0 Å². The first-order valence-electron chi connectivity index (χ1n) is 6.68. The van der Waals surface area contributed by atoms with E-state index in [1.807, 2.05) is 19.1 Å². The van der Waals surface area contributed by atoms with Crippen molar-refractivity contribution in [1.29, 1.82) is 0 Å². The van der Waals surface area contributed by atoms with Gasteiger partial charge in [0.15, 0.2) is 11.6 Å². The first-order valence-corrected chi connectivity index (χ1v) is 6.68. The number of carbonyl (C=O) groups is 1. The van der Waals surface area contributed by atoms with E-state index < -0.39 is 0 Å². The highest BCUT2D eigenvalue weighted by Crippen LogP contribution is 2.17. The molecule has 0 aliphatic carbocycles. The molecular formula is C13H20N4O. The van der Waals surface area contributed by atoms with Gasteiger partial charge in [-0.05, 0) is 25.0 Å². The van der Waals surface area contributed by atoms with Crippen molar-refractivity contribution in [3.8, 4) is 0 Å². The lowest BCUT2D eigenvalue weighted by atomic mass is 10.2. The molecule has 1 fully saturated rings. The average molecular weight is 248 g/mol. The number of hydrogen-bond donors (Lipinski definition) is 1. The fraction of sp³-hybridized carbons (Fsp3) is 0.615. The van der Waals surface area contributed by atoms with E-state index in [1.54, 1.807) is 0 Å². The van der Waals surface area contributed by atoms with E-state index in [0.717, 1.165) is 18.9 Å². The number of anilines is 2. The van der Waals surface area contributed by atoms with Crippen molar-refractivity contribution in [1.82, 2.24) is 10.2 Å². The molecule has 1 N–H and O–H groups in total. The van der Waals surface area contributed by atoms with Crippen molar-refractivity contribution in [3.05, 3.63) is 12.1 Å². The molecular weight excluding hydrogens is 228 g/mol. The molecule has 2 rings (SSSR count). The first kappa shape index (κ1) is 12.8. The number of carbonyl (C=O) groups excluding carboxylic acids is 1. The summed E-state index contributed by atoms with van der Waals surface area (Å²) in [6.07, 6.45) is 5.49. The lowest BCUT2D eigenvalue weighted by molar-refractivity contribution is -0.115. The van der Waals surface area contributed by atoms with Crippen LogP contribution in [0.2, 0.25) is 0 Å². The second kappa shape index (κ2) is 6.33. The molecule has 0 bridgehead atoms. The molecule has 0 radical (unpaired) electrons. The van der Waals surface area contributed by atoms with Crippen LogP contribution in [0.3, 0.4) is 0 Å². The Bertz CT molecular complexity index is 382. The van der Waals surface area contributed by atoms with Gasteiger partial charge in [-0.1, -0.05) is 19.8 Å². The molecule has 2 heterocycles. The minimum atomic E-state index is -0.0353. The summed E-state index contributed by atoms with van der Waals surface area (Å²) in [6, 6.07) is 3.75. The third kappa shape index (κ3) is 3.42. The topological polar surface area (TPSA) is 58.1 Å². The number of aromatic nitrogens is 2. The highest BCUT2D eigenvalue weighted by atomic mass is 16.1. The molecule has 1 aromatic rings. The highest BCUT2D eigenvalue weighted by Gasteiger charge is 2.11. The predicted octanol–water partition coefficient (Wildman–Crippen LogP) is 2.21. The van der Waals surface area contributed by atoms with Gasteiger partial charge >= 0.3 is 0 Å². The van der Waals surface area contributed by atoms with Gasteiger partial charge in [0.2, 0.25) is 5.91 Å². The Balaban J connectivity index is 1.99. The third-order valence-corrected chi connectivity index (χ3v) is 3.17. The van der Waals surface area contributed by atoms with Crippen LogP contribution < -0.4 is 10.2 Å². The number of nitrogens with zero attached hydrogens (tertiary/aromatic N) is 3. The molecule has 1 amide bonds. The van der Waals surface area contributed by atoms with Gasteiger partial charge < -0.3 is 10.2 Å². The van der Waals surface area contributed by atoms with E-state index >= 15 is 0 Å². The van der Waals surface area contributed by atoms with Crippen molar-refractivity contribution in [2.24, 2.45) is 0 Å². The van der Waals surface area contributed by atoms with Crippen LogP contribution in [-0.4, -0.2) is 29.2 Å². The standard InChI is InChI=1S/C13H20N4O/c1-2-13(18)14-11-7-8-12(16-15-11)17-9-5-3-4-6-10-17/h7-8H,2-6,9-10H2,1H3,(H,14,15,18). The van der Waals surface area contributed by atoms with Crippen LogP contribution in [0.25, 0.3) is 0 Å². The molecule has 0 spiro atoms. The number of rotatable bonds is 3. The monoisotopic (exact) mass is 248 g/mol. The number of nitrogens with one attached hydrogen (secondary N) is 1. The van der Waals surface area contributed by atoms with Gasteiger partial charge in [0.1, 0.15) is 0 Å². The Hall–Kier alpha value is -1.65. The van der Waals surface area contributed by atoms with Crippen molar-refractivity contribution < 1.29 is 4.79 Å². The van der Waals surface area contributed by atoms with Crippen LogP contribution in [-0.2, 0) is 4.79 Å². The molecule has 1 saturated heterocycles. The van der Waals surface area contributed by atoms with Gasteiger partial charge in [-0.15, -0.1) is 10.2 Å². The molecule has 0 aromatic carbocycles. The normalized spacial score (nSPS) is 16.2. The molecule has 0 saturated carbocycles. The van der Waals surface area contributed by atoms with Gasteiger partial charge in [-0.3, -0.25) is 4.79 Å². The summed E-state index contributed by atoms with van der Waals surface area (Å²) in [5.74, 6) is 1.40. The molecule has 1 aliphatic heterocycles. The molecule has 1 aromatic heterocycles. The lowest BCUT2D eigenvalue weighted by Gasteiger charge is -2.20. The van der Waals surface area contributed by atoms with Crippen molar-refractivity contribution in [2.45, 2.75) is 39.0 Å². The first-order chi connectivity index (χ1) is 8.79. The molecule has 0 unspecified atom stereocenters. The fourth-order valence-corrected chi connectivity index (χ4v) is 2.09. The predicted molar refractivity (Wildman–Crippen MR) is 71.6 cm³/mol. The summed E-state index contributed by atoms with van der Waals surface area (Å²) in [4.78, 5) is 13.5. The second-order valence-electron chi connectivity index (χ2n) is 4.58. The summed E-state index contributed by atoms with van der Waals surface area (Å²) >= 11 is 0. The summed E-state index contributed by atoms with van der Waals surface area (Å²) in [5, 5.41) is 10.9. The minimum Gasteiger partial charge on any atom is -0.355 e. The summed E-state index contributed by atoms with van der Waals surface area (Å²) in [6.45, 7) is 3.92. The molecule has 5 heteroatoms. The van der Waals surface area contributed by atoms with Gasteiger partial charge in [0.25, 0.3) is 0 Å². The Labute approximate surface area is 108 Å². The second-order valence-corrected chi connectivity index (χ2v) is 4.58. The van der Waals surface area contributed by atoms with Crippen LogP contribution >= 0.6 is 0 Å². The summed E-state index contributed by atoms with van der Waals surface area (Å²) in [5.41, 5.74) is 0. The molecule has 1 aliphatic rings. The third-order valence-electron chi connectivity index (χ3n) is 3.17. The van der Waals surface area contributed by atoms with Gasteiger partial charge in [0, 0.05) is 19.5 Å². The zero-order valence-corrected chi connectivity index (χ0v) is 10.9. The van der Waals surface area contributed by atoms with Gasteiger partial charge in [-0.25, -0.2) is 0 Å². The van der Waals surface area contributed by atoms with Crippen LogP contribution in [0.4, 0.5) is 11.6 Å². The number of hydrogen-bond acceptors (Lipinski definition) is 4. The maximum atomic E-state index is 11.2. The van der Waals surface area contributed by atoms with Crippen molar-refractivity contribution >= 4 is 17.5 Å². The SMILES string of the molecule is CCC(=O)Nc1ccc(N2CCCCCC2)nn1. The van der Waals surface area contributed by atoms with E-state index in [9.17, 15) is 4.79 Å². The van der Waals surface area contributed by atoms with E-state index in [1.165, 1.54) is 25.7 Å². The Morgan fingerprint density at radius 1 is 1.22 bits per heavy atom. The molecule has 18 heavy (non-hydrogen) atoms. The largest absolute Gasteiger partial charge is 0.355 e. The zero-order valence-electron chi connectivity index (χ0n) is 10.9. The summed E-state index contributed by atoms with van der Waals surface area (Å²) < 4.78 is 0. The van der Waals surface area contributed by atoms with Crippen LogP contribution in [0.5, 0.6) is 0 Å². The Morgan fingerprint density at radius 3 is 2.50 bits per heavy atom. The smallest absolute Gasteiger partial charge is 0.225 e. The molecule has 98 valence electrons. The van der Waals surface area contributed by atoms with Crippen molar-refractivity contribution in [3.63, 3.8) is 0 Å². The molecule has 0 atom stereocenters. The van der Waals surface area contributed by atoms with Gasteiger partial charge in [0.05, 0.1) is 0 Å². The van der Waals surface area contributed by atoms with Gasteiger partial charge in [-0.2, -0.15) is 0 Å². The maximum Gasteiger partial charge on any atom is 0.225 e. The van der Waals surface area contributed by atoms with E-state index in [2.05, 4.69) is 20.4 Å². The quantitative estimate of drug-likeness (QED) is 0.891. The zero-order chi connectivity index (χ0) is 12.8. The van der Waals surface area contributed by atoms with Crippen LogP contribution in [0.1, 0.15) is 39.0 Å². The maximum absolute atomic E-state index is 11.2. The average Bonchev–Trinajstić information content (AvgIpc) is 2.68. The Morgan fingerprint density at radius 2 is 1.94 bits per heavy atom. The lowest BCUT2D eigenvalue weighted by Crippen LogP contribution is -2.25. The number of amides is 1. The van der Waals surface area contributed by atoms with E-state index in [0.29, 0.717) is 12.2 Å². The highest BCUT2D eigenvalue weighted by molar-refractivity contribution is 5.89. The Kier molecular flexibility index (Phi) is 4.50. The molecule has 5 nitrogen and oxygen atoms in total. The van der Waals surface area contributed by atoms with Crippen LogP contribution in [0, 0.1) is 0 Å². The summed E-state index contributed by atoms with van der Waals surface area (Å²) in [7, 11) is 0. The minimum absolute atomic E-state index is 0.0353. The fourth-order valence-electron chi connectivity index (χ4n) is 2.09. The van der Waals surface area contributed by atoms with Crippen LogP contribution in [0.15, 0.2) is 12.1 Å².